The van der Waals surface area contributed by atoms with Crippen LogP contribution in [0.2, 0.25) is 5.02 Å². The Bertz CT molecular complexity index is 914. The Morgan fingerprint density at radius 2 is 2.00 bits per heavy atom. The molecule has 1 aliphatic rings. The lowest BCUT2D eigenvalue weighted by molar-refractivity contribution is -0.120. The minimum absolute atomic E-state index is 0.0751. The molecule has 8 heteroatoms. The summed E-state index contributed by atoms with van der Waals surface area (Å²) < 4.78 is 10.7. The van der Waals surface area contributed by atoms with Gasteiger partial charge in [0.05, 0.1) is 26.7 Å². The molecule has 0 aliphatic carbocycles. The smallest absolute Gasteiger partial charge is 0.258 e. The minimum Gasteiger partial charge on any atom is -0.493 e. The predicted octanol–water partition coefficient (Wildman–Crippen LogP) is 2.70. The minimum atomic E-state index is -0.515. The summed E-state index contributed by atoms with van der Waals surface area (Å²) in [5, 5.41) is 5.62. The molecule has 3 rings (SSSR count). The van der Waals surface area contributed by atoms with Gasteiger partial charge in [-0.15, -0.1) is 0 Å². The average molecular weight is 388 g/mol. The Balaban J connectivity index is 1.88. The zero-order valence-corrected chi connectivity index (χ0v) is 15.5. The van der Waals surface area contributed by atoms with Crippen molar-refractivity contribution in [3.8, 4) is 11.5 Å². The summed E-state index contributed by atoms with van der Waals surface area (Å²) in [6.45, 7) is 0. The first-order valence-electron chi connectivity index (χ1n) is 8.17. The molecule has 2 N–H and O–H groups in total. The van der Waals surface area contributed by atoms with Crippen molar-refractivity contribution in [2.45, 2.75) is 12.5 Å². The van der Waals surface area contributed by atoms with E-state index in [0.29, 0.717) is 27.6 Å². The number of rotatable bonds is 4. The number of amides is 2. The third-order valence-electron chi connectivity index (χ3n) is 4.03. The van der Waals surface area contributed by atoms with Crippen LogP contribution in [0.15, 0.2) is 47.5 Å². The molecule has 7 nitrogen and oxygen atoms in total. The van der Waals surface area contributed by atoms with Gasteiger partial charge < -0.3 is 9.47 Å². The van der Waals surface area contributed by atoms with Crippen molar-refractivity contribution in [2.75, 3.05) is 14.2 Å². The van der Waals surface area contributed by atoms with Gasteiger partial charge in [-0.3, -0.25) is 20.2 Å². The van der Waals surface area contributed by atoms with Gasteiger partial charge in [0, 0.05) is 16.1 Å². The van der Waals surface area contributed by atoms with Gasteiger partial charge in [0.15, 0.2) is 11.5 Å². The summed E-state index contributed by atoms with van der Waals surface area (Å²) in [6.07, 6.45) is 0.125. The number of guanidine groups is 1. The second kappa shape index (κ2) is 8.09. The number of carbonyl (C=O) groups excluding carboxylic acids is 2. The molecule has 1 aliphatic heterocycles. The Morgan fingerprint density at radius 1 is 1.22 bits per heavy atom. The van der Waals surface area contributed by atoms with Crippen molar-refractivity contribution >= 4 is 29.4 Å². The van der Waals surface area contributed by atoms with Crippen LogP contribution < -0.4 is 20.1 Å². The molecule has 140 valence electrons. The van der Waals surface area contributed by atoms with Gasteiger partial charge in [0.2, 0.25) is 11.9 Å². The maximum atomic E-state index is 12.4. The number of carbonyl (C=O) groups is 2. The number of ether oxygens (including phenoxy) is 2. The molecule has 2 aromatic rings. The molecule has 2 aromatic carbocycles. The highest BCUT2D eigenvalue weighted by Crippen LogP contribution is 2.38. The predicted molar refractivity (Wildman–Crippen MR) is 101 cm³/mol. The summed E-state index contributed by atoms with van der Waals surface area (Å²) in [4.78, 5) is 29.0. The fourth-order valence-corrected chi connectivity index (χ4v) is 3.01. The second-order valence-corrected chi connectivity index (χ2v) is 6.23. The average Bonchev–Trinajstić information content (AvgIpc) is 2.66. The highest BCUT2D eigenvalue weighted by Gasteiger charge is 2.27. The van der Waals surface area contributed by atoms with Crippen molar-refractivity contribution in [3.63, 3.8) is 0 Å². The van der Waals surface area contributed by atoms with Gasteiger partial charge in [-0.05, 0) is 24.3 Å². The van der Waals surface area contributed by atoms with E-state index in [-0.39, 0.29) is 18.3 Å². The number of hydrogen-bond acceptors (Lipinski definition) is 5. The Morgan fingerprint density at radius 3 is 2.70 bits per heavy atom. The molecule has 0 spiro atoms. The quantitative estimate of drug-likeness (QED) is 0.844. The van der Waals surface area contributed by atoms with Crippen LogP contribution >= 0.6 is 11.6 Å². The standard InChI is InChI=1S/C19H18ClN3O4/c1-26-15-8-4-7-13(17(15)27-2)14-10-16(24)22-19(21-14)23-18(25)11-5-3-6-12(20)9-11/h3-9,14H,10H2,1-2H3,(H2,21,22,23,24,25)/t14-/m0/s1. The van der Waals surface area contributed by atoms with Gasteiger partial charge in [-0.25, -0.2) is 4.99 Å². The molecule has 0 unspecified atom stereocenters. The summed E-state index contributed by atoms with van der Waals surface area (Å²) >= 11 is 5.91. The zero-order chi connectivity index (χ0) is 19.4. The molecule has 1 heterocycles. The van der Waals surface area contributed by atoms with Crippen molar-refractivity contribution in [1.82, 2.24) is 10.6 Å². The molecule has 0 aromatic heterocycles. The molecule has 0 saturated carbocycles. The van der Waals surface area contributed by atoms with Crippen LogP contribution in [-0.2, 0) is 4.79 Å². The van der Waals surface area contributed by atoms with Gasteiger partial charge in [0.25, 0.3) is 5.91 Å². The Kier molecular flexibility index (Phi) is 5.61. The highest BCUT2D eigenvalue weighted by molar-refractivity contribution is 6.31. The molecule has 0 saturated heterocycles. The summed E-state index contributed by atoms with van der Waals surface area (Å²) in [5.41, 5.74) is 1.06. The largest absolute Gasteiger partial charge is 0.493 e. The zero-order valence-electron chi connectivity index (χ0n) is 14.8. The van der Waals surface area contributed by atoms with Crippen LogP contribution in [-0.4, -0.2) is 32.0 Å². The SMILES string of the molecule is COc1cccc([C@@H]2CC(=O)NC(NC(=O)c3cccc(Cl)c3)=N2)c1OC. The number of hydrogen-bond donors (Lipinski definition) is 2. The Hall–Kier alpha value is -3.06. The maximum Gasteiger partial charge on any atom is 0.258 e. The van der Waals surface area contributed by atoms with Crippen LogP contribution in [0.25, 0.3) is 0 Å². The van der Waals surface area contributed by atoms with E-state index in [1.807, 2.05) is 6.07 Å². The van der Waals surface area contributed by atoms with E-state index in [1.54, 1.807) is 30.3 Å². The van der Waals surface area contributed by atoms with E-state index in [9.17, 15) is 9.59 Å². The van der Waals surface area contributed by atoms with Crippen LogP contribution in [0, 0.1) is 0 Å². The van der Waals surface area contributed by atoms with Gasteiger partial charge in [-0.1, -0.05) is 29.8 Å². The number of para-hydroxylation sites is 1. The summed E-state index contributed by atoms with van der Waals surface area (Å²) in [7, 11) is 3.06. The number of halogens is 1. The van der Waals surface area contributed by atoms with Crippen LogP contribution in [0.1, 0.15) is 28.4 Å². The van der Waals surface area contributed by atoms with Crippen molar-refractivity contribution in [2.24, 2.45) is 4.99 Å². The van der Waals surface area contributed by atoms with Crippen LogP contribution in [0.3, 0.4) is 0 Å². The molecule has 1 atom stereocenters. The molecule has 0 fully saturated rings. The number of methoxy groups -OCH3 is 2. The lowest BCUT2D eigenvalue weighted by Crippen LogP contribution is -2.47. The molecular weight excluding hydrogens is 370 g/mol. The van der Waals surface area contributed by atoms with E-state index in [1.165, 1.54) is 20.3 Å². The first-order chi connectivity index (χ1) is 13.0. The lowest BCUT2D eigenvalue weighted by atomic mass is 10.0. The first kappa shape index (κ1) is 18.7. The second-order valence-electron chi connectivity index (χ2n) is 5.79. The monoisotopic (exact) mass is 387 g/mol. The maximum absolute atomic E-state index is 12.4. The molecule has 0 radical (unpaired) electrons. The van der Waals surface area contributed by atoms with Gasteiger partial charge in [-0.2, -0.15) is 0 Å². The van der Waals surface area contributed by atoms with Crippen molar-refractivity contribution in [1.29, 1.82) is 0 Å². The molecule has 2 amide bonds. The first-order valence-corrected chi connectivity index (χ1v) is 8.55. The molecule has 27 heavy (non-hydrogen) atoms. The van der Waals surface area contributed by atoms with Crippen LogP contribution in [0.5, 0.6) is 11.5 Å². The van der Waals surface area contributed by atoms with E-state index < -0.39 is 11.9 Å². The topological polar surface area (TPSA) is 89.0 Å². The van der Waals surface area contributed by atoms with Crippen molar-refractivity contribution in [3.05, 3.63) is 58.6 Å². The third kappa shape index (κ3) is 4.20. The Labute approximate surface area is 161 Å². The molecular formula is C19H18ClN3O4. The number of aliphatic imine (C=N–C) groups is 1. The fraction of sp³-hybridized carbons (Fsp3) is 0.211. The summed E-state index contributed by atoms with van der Waals surface area (Å²) in [6, 6.07) is 11.3. The van der Waals surface area contributed by atoms with E-state index in [4.69, 9.17) is 21.1 Å². The normalized spacial score (nSPS) is 16.2. The number of nitrogens with one attached hydrogen (secondary N) is 2. The van der Waals surface area contributed by atoms with Gasteiger partial charge in [0.1, 0.15) is 0 Å². The van der Waals surface area contributed by atoms with Crippen molar-refractivity contribution < 1.29 is 19.1 Å². The van der Waals surface area contributed by atoms with E-state index in [0.717, 1.165) is 0 Å². The van der Waals surface area contributed by atoms with E-state index >= 15 is 0 Å². The highest BCUT2D eigenvalue weighted by atomic mass is 35.5. The lowest BCUT2D eigenvalue weighted by Gasteiger charge is -2.23. The van der Waals surface area contributed by atoms with E-state index in [2.05, 4.69) is 15.6 Å². The number of nitrogens with zero attached hydrogens (tertiary/aromatic N) is 1. The number of benzene rings is 2. The van der Waals surface area contributed by atoms with Crippen LogP contribution in [0.4, 0.5) is 0 Å². The third-order valence-corrected chi connectivity index (χ3v) is 4.27. The summed E-state index contributed by atoms with van der Waals surface area (Å²) in [5.74, 6) is 0.437. The van der Waals surface area contributed by atoms with Gasteiger partial charge >= 0.3 is 0 Å². The molecule has 0 bridgehead atoms. The fourth-order valence-electron chi connectivity index (χ4n) is 2.82.